The first-order valence-corrected chi connectivity index (χ1v) is 8.62. The molecule has 0 aromatic rings. The summed E-state index contributed by atoms with van der Waals surface area (Å²) < 4.78 is 15.5. The third-order valence-corrected chi connectivity index (χ3v) is 3.77. The van der Waals surface area contributed by atoms with Gasteiger partial charge in [0.05, 0.1) is 6.61 Å². The van der Waals surface area contributed by atoms with Gasteiger partial charge in [-0.3, -0.25) is 4.79 Å². The highest BCUT2D eigenvalue weighted by molar-refractivity contribution is 5.72. The molecule has 2 atom stereocenters. The van der Waals surface area contributed by atoms with Crippen LogP contribution in [0.25, 0.3) is 0 Å². The Morgan fingerprint density at radius 3 is 2.33 bits per heavy atom. The fraction of sp³-hybridized carbons (Fsp3) is 0.882. The lowest BCUT2D eigenvalue weighted by molar-refractivity contribution is -0.175. The van der Waals surface area contributed by atoms with E-state index in [0.717, 1.165) is 0 Å². The van der Waals surface area contributed by atoms with Crippen molar-refractivity contribution in [2.24, 2.45) is 11.8 Å². The molecule has 140 valence electrons. The van der Waals surface area contributed by atoms with E-state index >= 15 is 0 Å². The van der Waals surface area contributed by atoms with Crippen molar-refractivity contribution < 1.29 is 28.9 Å². The average molecular weight is 345 g/mol. The average Bonchev–Trinajstić information content (AvgIpc) is 2.39. The molecule has 0 spiro atoms. The summed E-state index contributed by atoms with van der Waals surface area (Å²) >= 11 is 0. The molecular formula is C17H31NO6. The largest absolute Gasteiger partial charge is 0.466 e. The maximum atomic E-state index is 12.0. The van der Waals surface area contributed by atoms with Crippen molar-refractivity contribution in [1.29, 1.82) is 0 Å². The van der Waals surface area contributed by atoms with E-state index in [9.17, 15) is 14.7 Å². The van der Waals surface area contributed by atoms with Crippen molar-refractivity contribution in [2.75, 3.05) is 26.3 Å². The van der Waals surface area contributed by atoms with E-state index in [4.69, 9.17) is 14.2 Å². The first kappa shape index (κ1) is 20.7. The molecule has 1 heterocycles. The number of aliphatic hydroxyl groups excluding tert-OH is 1. The first-order valence-electron chi connectivity index (χ1n) is 8.62. The maximum absolute atomic E-state index is 12.0. The molecule has 7 nitrogen and oxygen atoms in total. The number of hydrogen-bond donors (Lipinski definition) is 1. The van der Waals surface area contributed by atoms with Crippen LogP contribution in [-0.2, 0) is 19.0 Å². The smallest absolute Gasteiger partial charge is 0.410 e. The van der Waals surface area contributed by atoms with Gasteiger partial charge < -0.3 is 24.2 Å². The zero-order valence-corrected chi connectivity index (χ0v) is 15.4. The standard InChI is InChI=1S/C17H31NO6/c1-6-22-14(19)13(15(20)23-7-2)9-8-12-10-18(11-12)16(21)24-17(3,4)5/h12-14,19H,6-11H2,1-5H3. The molecule has 0 aliphatic carbocycles. The molecule has 24 heavy (non-hydrogen) atoms. The van der Waals surface area contributed by atoms with Crippen LogP contribution >= 0.6 is 0 Å². The van der Waals surface area contributed by atoms with E-state index < -0.39 is 23.8 Å². The normalized spacial score (nSPS) is 17.8. The molecule has 0 aromatic carbocycles. The molecule has 0 aromatic heterocycles. The van der Waals surface area contributed by atoms with Gasteiger partial charge in [0.25, 0.3) is 0 Å². The maximum Gasteiger partial charge on any atom is 0.410 e. The van der Waals surface area contributed by atoms with Gasteiger partial charge in [-0.1, -0.05) is 0 Å². The molecule has 1 rings (SSSR count). The fourth-order valence-corrected chi connectivity index (χ4v) is 2.56. The van der Waals surface area contributed by atoms with Crippen LogP contribution in [0.5, 0.6) is 0 Å². The SMILES string of the molecule is CCOC(=O)C(CCC1CN(C(=O)OC(C)(C)C)C1)C(O)OCC. The van der Waals surface area contributed by atoms with Crippen LogP contribution in [0.3, 0.4) is 0 Å². The van der Waals surface area contributed by atoms with Gasteiger partial charge in [0, 0.05) is 19.7 Å². The molecule has 1 aliphatic rings. The topological polar surface area (TPSA) is 85.3 Å². The highest BCUT2D eigenvalue weighted by Crippen LogP contribution is 2.26. The summed E-state index contributed by atoms with van der Waals surface area (Å²) in [7, 11) is 0. The van der Waals surface area contributed by atoms with Crippen LogP contribution in [-0.4, -0.2) is 60.3 Å². The number of likely N-dealkylation sites (tertiary alicyclic amines) is 1. The minimum Gasteiger partial charge on any atom is -0.466 e. The molecule has 7 heteroatoms. The van der Waals surface area contributed by atoms with E-state index in [0.29, 0.717) is 38.5 Å². The van der Waals surface area contributed by atoms with Crippen molar-refractivity contribution in [3.05, 3.63) is 0 Å². The Balaban J connectivity index is 2.41. The zero-order valence-electron chi connectivity index (χ0n) is 15.4. The molecule has 1 fully saturated rings. The molecule has 0 bridgehead atoms. The molecule has 0 saturated carbocycles. The van der Waals surface area contributed by atoms with Crippen molar-refractivity contribution in [3.63, 3.8) is 0 Å². The van der Waals surface area contributed by atoms with Gasteiger partial charge in [0.1, 0.15) is 11.5 Å². The first-order chi connectivity index (χ1) is 11.2. The minimum atomic E-state index is -1.16. The Morgan fingerprint density at radius 1 is 1.21 bits per heavy atom. The van der Waals surface area contributed by atoms with Crippen LogP contribution in [0.2, 0.25) is 0 Å². The summed E-state index contributed by atoms with van der Waals surface area (Å²) in [6, 6.07) is 0. The number of carbonyl (C=O) groups is 2. The van der Waals surface area contributed by atoms with Crippen LogP contribution in [0.1, 0.15) is 47.5 Å². The summed E-state index contributed by atoms with van der Waals surface area (Å²) in [6.07, 6.45) is -0.286. The van der Waals surface area contributed by atoms with Crippen molar-refractivity contribution in [2.45, 2.75) is 59.4 Å². The second-order valence-electron chi connectivity index (χ2n) is 7.03. The van der Waals surface area contributed by atoms with Gasteiger partial charge in [0.2, 0.25) is 0 Å². The van der Waals surface area contributed by atoms with Gasteiger partial charge in [0.15, 0.2) is 6.29 Å². The zero-order chi connectivity index (χ0) is 18.3. The van der Waals surface area contributed by atoms with Crippen molar-refractivity contribution in [1.82, 2.24) is 4.90 Å². The number of rotatable bonds is 8. The minimum absolute atomic E-state index is 0.268. The van der Waals surface area contributed by atoms with Gasteiger partial charge in [-0.15, -0.1) is 0 Å². The number of hydrogen-bond acceptors (Lipinski definition) is 6. The lowest BCUT2D eigenvalue weighted by atomic mass is 9.90. The van der Waals surface area contributed by atoms with E-state index in [2.05, 4.69) is 0 Å². The summed E-state index contributed by atoms with van der Waals surface area (Å²) in [6.45, 7) is 10.8. The van der Waals surface area contributed by atoms with Crippen molar-refractivity contribution >= 4 is 12.1 Å². The molecule has 1 N–H and O–H groups in total. The van der Waals surface area contributed by atoms with Crippen LogP contribution in [0.4, 0.5) is 4.79 Å². The summed E-state index contributed by atoms with van der Waals surface area (Å²) in [5, 5.41) is 9.97. The fourth-order valence-electron chi connectivity index (χ4n) is 2.56. The number of aliphatic hydroxyl groups is 1. The Bertz CT molecular complexity index is 414. The molecule has 1 amide bonds. The third-order valence-electron chi connectivity index (χ3n) is 3.77. The molecule has 2 unspecified atom stereocenters. The quantitative estimate of drug-likeness (QED) is 0.536. The summed E-state index contributed by atoms with van der Waals surface area (Å²) in [5.41, 5.74) is -0.501. The van der Waals surface area contributed by atoms with Crippen LogP contribution in [0, 0.1) is 11.8 Å². The summed E-state index contributed by atoms with van der Waals surface area (Å²) in [4.78, 5) is 25.5. The number of amides is 1. The summed E-state index contributed by atoms with van der Waals surface area (Å²) in [5.74, 6) is -0.842. The third kappa shape index (κ3) is 6.65. The predicted octanol–water partition coefficient (Wildman–Crippen LogP) is 2.17. The van der Waals surface area contributed by atoms with Crippen LogP contribution < -0.4 is 0 Å². The number of carbonyl (C=O) groups excluding carboxylic acids is 2. The van der Waals surface area contributed by atoms with Gasteiger partial charge in [-0.2, -0.15) is 0 Å². The second kappa shape index (κ2) is 9.22. The Morgan fingerprint density at radius 2 is 1.83 bits per heavy atom. The second-order valence-corrected chi connectivity index (χ2v) is 7.03. The van der Waals surface area contributed by atoms with Gasteiger partial charge in [-0.05, 0) is 53.4 Å². The lowest BCUT2D eigenvalue weighted by Crippen LogP contribution is -2.51. The highest BCUT2D eigenvalue weighted by Gasteiger charge is 2.36. The van der Waals surface area contributed by atoms with Gasteiger partial charge in [-0.25, -0.2) is 4.79 Å². The Labute approximate surface area is 144 Å². The predicted molar refractivity (Wildman–Crippen MR) is 88.3 cm³/mol. The molecule has 0 radical (unpaired) electrons. The van der Waals surface area contributed by atoms with Gasteiger partial charge >= 0.3 is 12.1 Å². The van der Waals surface area contributed by atoms with E-state index in [-0.39, 0.29) is 12.7 Å². The van der Waals surface area contributed by atoms with Crippen molar-refractivity contribution in [3.8, 4) is 0 Å². The van der Waals surface area contributed by atoms with E-state index in [1.165, 1.54) is 0 Å². The lowest BCUT2D eigenvalue weighted by Gasteiger charge is -2.40. The molecular weight excluding hydrogens is 314 g/mol. The number of ether oxygens (including phenoxy) is 3. The number of nitrogens with zero attached hydrogens (tertiary/aromatic N) is 1. The van der Waals surface area contributed by atoms with Crippen LogP contribution in [0.15, 0.2) is 0 Å². The molecule has 1 aliphatic heterocycles. The van der Waals surface area contributed by atoms with E-state index in [1.807, 2.05) is 20.8 Å². The Hall–Kier alpha value is -1.34. The Kier molecular flexibility index (Phi) is 7.96. The van der Waals surface area contributed by atoms with E-state index in [1.54, 1.807) is 18.7 Å². The number of esters is 1. The highest BCUT2D eigenvalue weighted by atomic mass is 16.6. The molecule has 1 saturated heterocycles. The monoisotopic (exact) mass is 345 g/mol.